The highest BCUT2D eigenvalue weighted by atomic mass is 32.2. The zero-order valence-electron chi connectivity index (χ0n) is 10.6. The van der Waals surface area contributed by atoms with Gasteiger partial charge in [0.25, 0.3) is 10.0 Å². The topological polar surface area (TPSA) is 88.2 Å². The molecule has 8 heteroatoms. The molecule has 2 heterocycles. The Morgan fingerprint density at radius 3 is 2.60 bits per heavy atom. The zero-order chi connectivity index (χ0) is 14.6. The standard InChI is InChI=1S/C12H13N3O3S2/c1-9(12(16)14-10-4-6-13-7-5-10)15-20(17,18)11-3-2-8-19-11/h2-9,15H,1H3,(H,13,14,16). The van der Waals surface area contributed by atoms with E-state index in [2.05, 4.69) is 15.0 Å². The van der Waals surface area contributed by atoms with Gasteiger partial charge in [0.2, 0.25) is 5.91 Å². The number of amides is 1. The molecule has 0 radical (unpaired) electrons. The molecule has 2 aromatic heterocycles. The Morgan fingerprint density at radius 1 is 1.30 bits per heavy atom. The third-order valence-electron chi connectivity index (χ3n) is 2.43. The molecule has 2 rings (SSSR count). The van der Waals surface area contributed by atoms with Gasteiger partial charge in [0, 0.05) is 18.1 Å². The monoisotopic (exact) mass is 311 g/mol. The molecule has 1 amide bonds. The molecule has 20 heavy (non-hydrogen) atoms. The summed E-state index contributed by atoms with van der Waals surface area (Å²) in [7, 11) is -3.66. The van der Waals surface area contributed by atoms with Gasteiger partial charge in [0.1, 0.15) is 4.21 Å². The molecule has 0 aromatic carbocycles. The van der Waals surface area contributed by atoms with Gasteiger partial charge in [-0.25, -0.2) is 8.42 Å². The quantitative estimate of drug-likeness (QED) is 0.875. The number of thiophene rings is 1. The first kappa shape index (κ1) is 14.6. The summed E-state index contributed by atoms with van der Waals surface area (Å²) in [4.78, 5) is 15.7. The van der Waals surface area contributed by atoms with Gasteiger partial charge in [-0.2, -0.15) is 4.72 Å². The summed E-state index contributed by atoms with van der Waals surface area (Å²) in [5, 5.41) is 4.27. The van der Waals surface area contributed by atoms with Crippen LogP contribution < -0.4 is 10.0 Å². The van der Waals surface area contributed by atoms with Crippen molar-refractivity contribution >= 4 is 33.0 Å². The lowest BCUT2D eigenvalue weighted by Crippen LogP contribution is -2.41. The number of nitrogens with zero attached hydrogens (tertiary/aromatic N) is 1. The maximum absolute atomic E-state index is 12.0. The van der Waals surface area contributed by atoms with Gasteiger partial charge in [0.05, 0.1) is 6.04 Å². The van der Waals surface area contributed by atoms with Gasteiger partial charge in [-0.05, 0) is 30.5 Å². The summed E-state index contributed by atoms with van der Waals surface area (Å²) in [5.74, 6) is -0.434. The SMILES string of the molecule is CC(NS(=O)(=O)c1cccs1)C(=O)Nc1ccncc1. The second-order valence-corrected chi connectivity index (χ2v) is 6.89. The number of hydrogen-bond donors (Lipinski definition) is 2. The van der Waals surface area contributed by atoms with Crippen LogP contribution in [0.15, 0.2) is 46.2 Å². The molecule has 0 aliphatic heterocycles. The van der Waals surface area contributed by atoms with Crippen molar-refractivity contribution in [2.45, 2.75) is 17.2 Å². The predicted octanol–water partition coefficient (Wildman–Crippen LogP) is 1.45. The van der Waals surface area contributed by atoms with E-state index in [1.807, 2.05) is 0 Å². The third-order valence-corrected chi connectivity index (χ3v) is 5.37. The van der Waals surface area contributed by atoms with Crippen molar-refractivity contribution in [2.24, 2.45) is 0 Å². The molecular formula is C12H13N3O3S2. The molecule has 6 nitrogen and oxygen atoms in total. The van der Waals surface area contributed by atoms with Crippen molar-refractivity contribution in [3.05, 3.63) is 42.0 Å². The lowest BCUT2D eigenvalue weighted by molar-refractivity contribution is -0.117. The largest absolute Gasteiger partial charge is 0.325 e. The van der Waals surface area contributed by atoms with Gasteiger partial charge in [-0.1, -0.05) is 6.07 Å². The van der Waals surface area contributed by atoms with Crippen LogP contribution >= 0.6 is 11.3 Å². The molecule has 1 atom stereocenters. The van der Waals surface area contributed by atoms with Gasteiger partial charge in [-0.15, -0.1) is 11.3 Å². The normalized spacial score (nSPS) is 12.8. The predicted molar refractivity (Wildman–Crippen MR) is 77.0 cm³/mol. The minimum Gasteiger partial charge on any atom is -0.325 e. The fourth-order valence-electron chi connectivity index (χ4n) is 1.45. The molecule has 0 saturated heterocycles. The van der Waals surface area contributed by atoms with Crippen molar-refractivity contribution in [1.82, 2.24) is 9.71 Å². The van der Waals surface area contributed by atoms with Crippen LogP contribution in [0.4, 0.5) is 5.69 Å². The number of sulfonamides is 1. The van der Waals surface area contributed by atoms with E-state index < -0.39 is 22.0 Å². The van der Waals surface area contributed by atoms with E-state index in [9.17, 15) is 13.2 Å². The molecule has 2 aromatic rings. The second-order valence-electron chi connectivity index (χ2n) is 4.00. The van der Waals surface area contributed by atoms with Crippen molar-refractivity contribution in [3.63, 3.8) is 0 Å². The molecule has 0 saturated carbocycles. The Hall–Kier alpha value is -1.77. The Morgan fingerprint density at radius 2 is 2.00 bits per heavy atom. The van der Waals surface area contributed by atoms with Crippen molar-refractivity contribution < 1.29 is 13.2 Å². The molecule has 106 valence electrons. The summed E-state index contributed by atoms with van der Waals surface area (Å²) in [6.45, 7) is 1.49. The molecular weight excluding hydrogens is 298 g/mol. The van der Waals surface area contributed by atoms with Crippen molar-refractivity contribution in [1.29, 1.82) is 0 Å². The van der Waals surface area contributed by atoms with Crippen molar-refractivity contribution in [2.75, 3.05) is 5.32 Å². The lowest BCUT2D eigenvalue weighted by atomic mass is 10.3. The van der Waals surface area contributed by atoms with E-state index >= 15 is 0 Å². The molecule has 0 aliphatic rings. The highest BCUT2D eigenvalue weighted by molar-refractivity contribution is 7.91. The lowest BCUT2D eigenvalue weighted by Gasteiger charge is -2.13. The Bertz CT molecular complexity index is 669. The minimum atomic E-state index is -3.66. The van der Waals surface area contributed by atoms with E-state index in [-0.39, 0.29) is 4.21 Å². The first-order valence-electron chi connectivity index (χ1n) is 5.76. The number of pyridine rings is 1. The van der Waals surface area contributed by atoms with Crippen LogP contribution in [0.1, 0.15) is 6.92 Å². The van der Waals surface area contributed by atoms with Crippen LogP contribution in [0, 0.1) is 0 Å². The molecule has 2 N–H and O–H groups in total. The minimum absolute atomic E-state index is 0.182. The fourth-order valence-corrected chi connectivity index (χ4v) is 3.66. The molecule has 1 unspecified atom stereocenters. The Labute approximate surface area is 120 Å². The fraction of sp³-hybridized carbons (Fsp3) is 0.167. The summed E-state index contributed by atoms with van der Waals surface area (Å²) in [5.41, 5.74) is 0.562. The molecule has 0 spiro atoms. The molecule has 0 aliphatic carbocycles. The maximum atomic E-state index is 12.0. The molecule has 0 fully saturated rings. The van der Waals surface area contributed by atoms with Crippen LogP contribution in [0.3, 0.4) is 0 Å². The average molecular weight is 311 g/mol. The van der Waals surface area contributed by atoms with E-state index in [4.69, 9.17) is 0 Å². The maximum Gasteiger partial charge on any atom is 0.250 e. The highest BCUT2D eigenvalue weighted by Crippen LogP contribution is 2.16. The smallest absolute Gasteiger partial charge is 0.250 e. The van der Waals surface area contributed by atoms with Crippen LogP contribution in [-0.4, -0.2) is 25.4 Å². The van der Waals surface area contributed by atoms with E-state index in [0.717, 1.165) is 11.3 Å². The number of hydrogen-bond acceptors (Lipinski definition) is 5. The van der Waals surface area contributed by atoms with E-state index in [1.54, 1.807) is 23.6 Å². The van der Waals surface area contributed by atoms with E-state index in [0.29, 0.717) is 5.69 Å². The Kier molecular flexibility index (Phi) is 4.48. The van der Waals surface area contributed by atoms with Gasteiger partial charge in [-0.3, -0.25) is 9.78 Å². The summed E-state index contributed by atoms with van der Waals surface area (Å²) in [6, 6.07) is 5.49. The Balaban J connectivity index is 2.02. The second kappa shape index (κ2) is 6.12. The number of nitrogens with one attached hydrogen (secondary N) is 2. The first-order chi connectivity index (χ1) is 9.49. The zero-order valence-corrected chi connectivity index (χ0v) is 12.2. The van der Waals surface area contributed by atoms with Gasteiger partial charge >= 0.3 is 0 Å². The van der Waals surface area contributed by atoms with Crippen LogP contribution in [-0.2, 0) is 14.8 Å². The first-order valence-corrected chi connectivity index (χ1v) is 8.12. The van der Waals surface area contributed by atoms with E-state index in [1.165, 1.54) is 25.4 Å². The summed E-state index contributed by atoms with van der Waals surface area (Å²) >= 11 is 1.10. The third kappa shape index (κ3) is 3.62. The van der Waals surface area contributed by atoms with Crippen molar-refractivity contribution in [3.8, 4) is 0 Å². The average Bonchev–Trinajstić information content (AvgIpc) is 2.94. The van der Waals surface area contributed by atoms with Crippen LogP contribution in [0.5, 0.6) is 0 Å². The number of anilines is 1. The summed E-state index contributed by atoms with van der Waals surface area (Å²) in [6.07, 6.45) is 3.08. The van der Waals surface area contributed by atoms with Crippen LogP contribution in [0.25, 0.3) is 0 Å². The summed E-state index contributed by atoms with van der Waals surface area (Å²) < 4.78 is 26.5. The molecule has 0 bridgehead atoms. The number of carbonyl (C=O) groups is 1. The highest BCUT2D eigenvalue weighted by Gasteiger charge is 2.22. The number of rotatable bonds is 5. The number of aromatic nitrogens is 1. The van der Waals surface area contributed by atoms with Gasteiger partial charge < -0.3 is 5.32 Å². The van der Waals surface area contributed by atoms with Crippen LogP contribution in [0.2, 0.25) is 0 Å². The van der Waals surface area contributed by atoms with Gasteiger partial charge in [0.15, 0.2) is 0 Å². The number of carbonyl (C=O) groups excluding carboxylic acids is 1.